The normalized spacial score (nSPS) is 11.4. The Morgan fingerprint density at radius 3 is 1.10 bits per heavy atom. The molecule has 2 amide bonds. The molecular formula is C47H83N5O7S2. The summed E-state index contributed by atoms with van der Waals surface area (Å²) in [5.74, 6) is -0.316. The summed E-state index contributed by atoms with van der Waals surface area (Å²) in [6.45, 7) is 16.1. The molecule has 350 valence electrons. The summed E-state index contributed by atoms with van der Waals surface area (Å²) in [4.78, 5) is 34.3. The van der Waals surface area contributed by atoms with Gasteiger partial charge >= 0.3 is 0 Å². The molecule has 0 atom stereocenters. The first-order valence-electron chi connectivity index (χ1n) is 23.3. The van der Waals surface area contributed by atoms with Gasteiger partial charge < -0.3 is 21.2 Å². The van der Waals surface area contributed by atoms with Crippen LogP contribution in [0.2, 0.25) is 0 Å². The van der Waals surface area contributed by atoms with Crippen molar-refractivity contribution in [1.29, 1.82) is 0 Å². The smallest absolute Gasteiger partial charge is 0.251 e. The molecule has 2 aromatic rings. The third-order valence-electron chi connectivity index (χ3n) is 9.79. The maximum absolute atomic E-state index is 12.8. The van der Waals surface area contributed by atoms with E-state index in [2.05, 4.69) is 17.6 Å². The molecule has 0 aliphatic rings. The Labute approximate surface area is 371 Å². The molecule has 0 fully saturated rings. The van der Waals surface area contributed by atoms with Crippen LogP contribution in [0.25, 0.3) is 0 Å². The van der Waals surface area contributed by atoms with Gasteiger partial charge in [-0.15, -0.1) is 0 Å². The number of nitrogens with one attached hydrogen (secondary N) is 2. The Kier molecular flexibility index (Phi) is 34.4. The molecule has 0 saturated heterocycles. The second-order valence-corrected chi connectivity index (χ2v) is 19.2. The molecule has 0 aliphatic carbocycles. The molecule has 2 rings (SSSR count). The second kappa shape index (κ2) is 36.3. The zero-order valence-corrected chi connectivity index (χ0v) is 40.4. The highest BCUT2D eigenvalue weighted by molar-refractivity contribution is 7.89. The summed E-state index contributed by atoms with van der Waals surface area (Å²) in [5, 5.41) is 5.81. The molecule has 4 N–H and O–H groups in total. The molecule has 12 nitrogen and oxygen atoms in total. The van der Waals surface area contributed by atoms with Crippen LogP contribution in [0.3, 0.4) is 0 Å². The summed E-state index contributed by atoms with van der Waals surface area (Å²) >= 11 is 0. The highest BCUT2D eigenvalue weighted by Gasteiger charge is 2.24. The molecule has 14 heteroatoms. The average Bonchev–Trinajstić information content (AvgIpc) is 3.26. The van der Waals surface area contributed by atoms with Gasteiger partial charge in [0.15, 0.2) is 0 Å². The first kappa shape index (κ1) is 57.8. The van der Waals surface area contributed by atoms with Gasteiger partial charge in [0.05, 0.1) is 9.79 Å². The van der Waals surface area contributed by atoms with Crippen LogP contribution in [-0.2, 0) is 24.8 Å². The lowest BCUT2D eigenvalue weighted by Crippen LogP contribution is -2.32. The van der Waals surface area contributed by atoms with Crippen LogP contribution >= 0.6 is 0 Å². The SMILES string of the molecule is CCCC=O.CCCCCCCCCCCNC(=O)c1ccc(S(=O)(=O)N(CCC)CCC)cc1.CCCN(CCC)S(=O)(=O)c1ccc(C(=O)NCCCCCCN)cc1. The van der Waals surface area contributed by atoms with Gasteiger partial charge in [-0.05, 0) is 106 Å². The Bertz CT molecular complexity index is 1630. The van der Waals surface area contributed by atoms with Gasteiger partial charge in [-0.1, -0.05) is 106 Å². The molecule has 0 spiro atoms. The van der Waals surface area contributed by atoms with Gasteiger partial charge in [0.2, 0.25) is 20.0 Å². The molecular weight excluding hydrogens is 811 g/mol. The zero-order chi connectivity index (χ0) is 45.8. The second-order valence-electron chi connectivity index (χ2n) is 15.4. The van der Waals surface area contributed by atoms with Crippen LogP contribution in [0.4, 0.5) is 0 Å². The van der Waals surface area contributed by atoms with Crippen LogP contribution < -0.4 is 16.4 Å². The van der Waals surface area contributed by atoms with Crippen LogP contribution in [0.15, 0.2) is 58.3 Å². The standard InChI is InChI=1S/C24H42N2O3S.C19H33N3O3S.C4H8O/c1-4-7-8-9-10-11-12-13-14-19-25-24(27)22-15-17-23(18-16-22)30(28,29)26(20-5-2)21-6-3;1-3-15-22(16-4-2)26(24,25)18-11-9-17(10-12-18)19(23)21-14-8-6-5-7-13-20;1-2-3-4-5/h15-18H,4-14,19-21H2,1-3H3,(H,25,27);9-12H,3-8,13-16,20H2,1-2H3,(H,21,23);4H,2-3H2,1H3. The van der Waals surface area contributed by atoms with Crippen LogP contribution in [0, 0.1) is 0 Å². The number of carbonyl (C=O) groups is 3. The number of hydrogen-bond donors (Lipinski definition) is 3. The maximum atomic E-state index is 12.8. The predicted molar refractivity (Wildman–Crippen MR) is 252 cm³/mol. The maximum Gasteiger partial charge on any atom is 0.251 e. The number of carbonyl (C=O) groups excluding carboxylic acids is 3. The first-order valence-corrected chi connectivity index (χ1v) is 26.1. The number of hydrogen-bond acceptors (Lipinski definition) is 8. The number of rotatable bonds is 32. The monoisotopic (exact) mass is 894 g/mol. The van der Waals surface area contributed by atoms with E-state index < -0.39 is 20.0 Å². The Balaban J connectivity index is 0.00000107. The van der Waals surface area contributed by atoms with Gasteiger partial charge in [-0.25, -0.2) is 16.8 Å². The van der Waals surface area contributed by atoms with E-state index in [4.69, 9.17) is 5.73 Å². The van der Waals surface area contributed by atoms with E-state index in [1.54, 1.807) is 36.4 Å². The van der Waals surface area contributed by atoms with Gasteiger partial charge in [0.1, 0.15) is 6.29 Å². The number of nitrogens with zero attached hydrogens (tertiary/aromatic N) is 2. The number of sulfonamides is 2. The van der Waals surface area contributed by atoms with Crippen LogP contribution in [0.5, 0.6) is 0 Å². The van der Waals surface area contributed by atoms with Crippen molar-refractivity contribution in [2.24, 2.45) is 5.73 Å². The minimum Gasteiger partial charge on any atom is -0.352 e. The molecule has 0 radical (unpaired) electrons. The van der Waals surface area contributed by atoms with Gasteiger partial charge in [-0.2, -0.15) is 8.61 Å². The van der Waals surface area contributed by atoms with Gasteiger partial charge in [0, 0.05) is 56.8 Å². The van der Waals surface area contributed by atoms with E-state index in [0.29, 0.717) is 63.4 Å². The molecule has 0 unspecified atom stereocenters. The number of nitrogens with two attached hydrogens (primary N) is 1. The minimum absolute atomic E-state index is 0.141. The van der Waals surface area contributed by atoms with E-state index >= 15 is 0 Å². The highest BCUT2D eigenvalue weighted by Crippen LogP contribution is 2.19. The topological polar surface area (TPSA) is 176 Å². The van der Waals surface area contributed by atoms with Crippen molar-refractivity contribution in [3.63, 3.8) is 0 Å². The Hall–Kier alpha value is -3.17. The lowest BCUT2D eigenvalue weighted by Gasteiger charge is -2.21. The molecule has 0 aromatic heterocycles. The lowest BCUT2D eigenvalue weighted by molar-refractivity contribution is -0.107. The fourth-order valence-corrected chi connectivity index (χ4v) is 9.59. The number of amides is 2. The first-order chi connectivity index (χ1) is 29.3. The number of benzene rings is 2. The molecule has 0 aliphatic heterocycles. The fourth-order valence-electron chi connectivity index (χ4n) is 6.34. The third kappa shape index (κ3) is 24.9. The fraction of sp³-hybridized carbons (Fsp3) is 0.681. The Morgan fingerprint density at radius 2 is 0.820 bits per heavy atom. The predicted octanol–water partition coefficient (Wildman–Crippen LogP) is 9.49. The van der Waals surface area contributed by atoms with Crippen molar-refractivity contribution in [2.75, 3.05) is 45.8 Å². The van der Waals surface area contributed by atoms with Crippen molar-refractivity contribution in [2.45, 2.75) is 173 Å². The highest BCUT2D eigenvalue weighted by atomic mass is 32.2. The average molecular weight is 894 g/mol. The van der Waals surface area contributed by atoms with Crippen LogP contribution in [-0.4, -0.2) is 89.4 Å². The van der Waals surface area contributed by atoms with Crippen molar-refractivity contribution in [3.05, 3.63) is 59.7 Å². The van der Waals surface area contributed by atoms with Crippen LogP contribution in [0.1, 0.15) is 184 Å². The molecule has 61 heavy (non-hydrogen) atoms. The summed E-state index contributed by atoms with van der Waals surface area (Å²) in [6, 6.07) is 12.5. The van der Waals surface area contributed by atoms with Crippen molar-refractivity contribution >= 4 is 38.1 Å². The third-order valence-corrected chi connectivity index (χ3v) is 13.6. The molecule has 0 bridgehead atoms. The molecule has 0 heterocycles. The molecule has 2 aromatic carbocycles. The summed E-state index contributed by atoms with van der Waals surface area (Å²) in [5.41, 5.74) is 6.42. The Morgan fingerprint density at radius 1 is 0.492 bits per heavy atom. The van der Waals surface area contributed by atoms with E-state index in [1.165, 1.54) is 65.7 Å². The van der Waals surface area contributed by atoms with Gasteiger partial charge in [0.25, 0.3) is 11.8 Å². The molecule has 0 saturated carbocycles. The van der Waals surface area contributed by atoms with Crippen molar-refractivity contribution in [3.8, 4) is 0 Å². The lowest BCUT2D eigenvalue weighted by atomic mass is 10.1. The summed E-state index contributed by atoms with van der Waals surface area (Å²) in [7, 11) is -7.01. The quantitative estimate of drug-likeness (QED) is 0.0481. The van der Waals surface area contributed by atoms with E-state index in [-0.39, 0.29) is 21.6 Å². The number of aldehydes is 1. The summed E-state index contributed by atoms with van der Waals surface area (Å²) < 4.78 is 54.0. The van der Waals surface area contributed by atoms with E-state index in [1.807, 2.05) is 34.6 Å². The largest absolute Gasteiger partial charge is 0.352 e. The summed E-state index contributed by atoms with van der Waals surface area (Å²) in [6.07, 6.45) is 21.0. The number of unbranched alkanes of at least 4 members (excludes halogenated alkanes) is 12. The van der Waals surface area contributed by atoms with Crippen molar-refractivity contribution < 1.29 is 31.2 Å². The minimum atomic E-state index is -3.51. The van der Waals surface area contributed by atoms with E-state index in [0.717, 1.165) is 76.9 Å². The van der Waals surface area contributed by atoms with E-state index in [9.17, 15) is 31.2 Å². The van der Waals surface area contributed by atoms with Crippen molar-refractivity contribution in [1.82, 2.24) is 19.2 Å². The zero-order valence-electron chi connectivity index (χ0n) is 38.7. The van der Waals surface area contributed by atoms with Gasteiger partial charge in [-0.3, -0.25) is 9.59 Å².